The number of amides is 1. The molecule has 0 bridgehead atoms. The Labute approximate surface area is 98.8 Å². The Balaban J connectivity index is 2.37. The fraction of sp³-hybridized carbons (Fsp3) is 0.333. The first kappa shape index (κ1) is 13.2. The molecule has 4 nitrogen and oxygen atoms in total. The summed E-state index contributed by atoms with van der Waals surface area (Å²) in [5.41, 5.74) is 0.561. The molecule has 0 heterocycles. The molecule has 0 radical (unpaired) electrons. The van der Waals surface area contributed by atoms with Gasteiger partial charge in [0.2, 0.25) is 5.91 Å². The molecular weight excluding hydrogens is 225 g/mol. The molecule has 0 saturated carbocycles. The van der Waals surface area contributed by atoms with Crippen LogP contribution < -0.4 is 5.32 Å². The number of rotatable bonds is 5. The predicted octanol–water partition coefficient (Wildman–Crippen LogP) is 1.05. The Bertz CT molecular complexity index is 406. The molecule has 0 aliphatic rings. The van der Waals surface area contributed by atoms with Crippen molar-refractivity contribution in [1.82, 2.24) is 5.32 Å². The van der Waals surface area contributed by atoms with Crippen LogP contribution in [-0.4, -0.2) is 25.0 Å². The molecule has 1 amide bonds. The molecule has 0 aliphatic carbocycles. The molecule has 17 heavy (non-hydrogen) atoms. The number of hydrogen-bond donors (Lipinski definition) is 1. The van der Waals surface area contributed by atoms with E-state index in [0.717, 1.165) is 0 Å². The summed E-state index contributed by atoms with van der Waals surface area (Å²) in [4.78, 5) is 22.3. The second-order valence-electron chi connectivity index (χ2n) is 3.39. The van der Waals surface area contributed by atoms with Gasteiger partial charge < -0.3 is 10.1 Å². The molecule has 0 aromatic heterocycles. The molecule has 1 rings (SSSR count). The maximum atomic E-state index is 12.8. The zero-order chi connectivity index (χ0) is 12.7. The van der Waals surface area contributed by atoms with Crippen LogP contribution in [0, 0.1) is 5.82 Å². The number of esters is 1. The van der Waals surface area contributed by atoms with E-state index in [1.807, 2.05) is 0 Å². The Kier molecular flexibility index (Phi) is 5.13. The molecule has 5 heteroatoms. The summed E-state index contributed by atoms with van der Waals surface area (Å²) in [7, 11) is 0. The summed E-state index contributed by atoms with van der Waals surface area (Å²) in [6.45, 7) is 1.80. The maximum Gasteiger partial charge on any atom is 0.325 e. The monoisotopic (exact) mass is 239 g/mol. The van der Waals surface area contributed by atoms with Gasteiger partial charge in [0.05, 0.1) is 13.0 Å². The lowest BCUT2D eigenvalue weighted by atomic mass is 10.1. The first-order valence-electron chi connectivity index (χ1n) is 5.28. The highest BCUT2D eigenvalue weighted by Gasteiger charge is 2.07. The van der Waals surface area contributed by atoms with Gasteiger partial charge in [0.25, 0.3) is 0 Å². The van der Waals surface area contributed by atoms with E-state index in [1.54, 1.807) is 13.0 Å². The number of carbonyl (C=O) groups is 2. The molecule has 0 spiro atoms. The second kappa shape index (κ2) is 6.62. The highest BCUT2D eigenvalue weighted by Crippen LogP contribution is 2.03. The summed E-state index contributed by atoms with van der Waals surface area (Å²) in [5.74, 6) is -1.22. The lowest BCUT2D eigenvalue weighted by Gasteiger charge is -2.05. The third kappa shape index (κ3) is 5.10. The Morgan fingerprint density at radius 2 is 2.18 bits per heavy atom. The third-order valence-corrected chi connectivity index (χ3v) is 1.99. The minimum Gasteiger partial charge on any atom is -0.465 e. The predicted molar refractivity (Wildman–Crippen MR) is 59.7 cm³/mol. The van der Waals surface area contributed by atoms with Gasteiger partial charge >= 0.3 is 5.97 Å². The van der Waals surface area contributed by atoms with Crippen LogP contribution in [0.1, 0.15) is 12.5 Å². The summed E-state index contributed by atoms with van der Waals surface area (Å²) in [6, 6.07) is 5.76. The molecular formula is C12H14FNO3. The van der Waals surface area contributed by atoms with E-state index in [9.17, 15) is 14.0 Å². The van der Waals surface area contributed by atoms with E-state index < -0.39 is 5.97 Å². The van der Waals surface area contributed by atoms with Crippen molar-refractivity contribution < 1.29 is 18.7 Å². The van der Waals surface area contributed by atoms with Crippen molar-refractivity contribution >= 4 is 11.9 Å². The summed E-state index contributed by atoms with van der Waals surface area (Å²) >= 11 is 0. The molecule has 0 fully saturated rings. The Hall–Kier alpha value is -1.91. The highest BCUT2D eigenvalue weighted by atomic mass is 19.1. The number of carbonyl (C=O) groups excluding carboxylic acids is 2. The maximum absolute atomic E-state index is 12.8. The quantitative estimate of drug-likeness (QED) is 0.781. The number of benzene rings is 1. The average molecular weight is 239 g/mol. The van der Waals surface area contributed by atoms with E-state index in [-0.39, 0.29) is 31.3 Å². The first-order valence-corrected chi connectivity index (χ1v) is 5.28. The smallest absolute Gasteiger partial charge is 0.325 e. The molecule has 0 atom stereocenters. The van der Waals surface area contributed by atoms with Gasteiger partial charge in [-0.1, -0.05) is 12.1 Å². The standard InChI is InChI=1S/C12H14FNO3/c1-2-17-12(16)8-14-11(15)7-9-4-3-5-10(13)6-9/h3-6H,2,7-8H2,1H3,(H,14,15). The van der Waals surface area contributed by atoms with Crippen molar-refractivity contribution in [1.29, 1.82) is 0 Å². The molecule has 92 valence electrons. The van der Waals surface area contributed by atoms with E-state index >= 15 is 0 Å². The van der Waals surface area contributed by atoms with Crippen LogP contribution in [0.25, 0.3) is 0 Å². The summed E-state index contributed by atoms with van der Waals surface area (Å²) in [6.07, 6.45) is 0.0389. The van der Waals surface area contributed by atoms with Gasteiger partial charge in [-0.05, 0) is 24.6 Å². The van der Waals surface area contributed by atoms with Crippen molar-refractivity contribution in [2.24, 2.45) is 0 Å². The van der Waals surface area contributed by atoms with Crippen LogP contribution in [0.4, 0.5) is 4.39 Å². The normalized spacial score (nSPS) is 9.76. The van der Waals surface area contributed by atoms with Crippen LogP contribution in [0.3, 0.4) is 0 Å². The van der Waals surface area contributed by atoms with Gasteiger partial charge in [-0.3, -0.25) is 9.59 Å². The van der Waals surface area contributed by atoms with E-state index in [0.29, 0.717) is 5.56 Å². The minimum atomic E-state index is -0.486. The molecule has 1 aromatic rings. The van der Waals surface area contributed by atoms with Gasteiger partial charge in [0.15, 0.2) is 0 Å². The molecule has 1 N–H and O–H groups in total. The van der Waals surface area contributed by atoms with Crippen molar-refractivity contribution in [3.8, 4) is 0 Å². The van der Waals surface area contributed by atoms with Gasteiger partial charge in [-0.2, -0.15) is 0 Å². The van der Waals surface area contributed by atoms with Crippen molar-refractivity contribution in [3.05, 3.63) is 35.6 Å². The van der Waals surface area contributed by atoms with Gasteiger partial charge in [-0.25, -0.2) is 4.39 Å². The van der Waals surface area contributed by atoms with Crippen LogP contribution in [-0.2, 0) is 20.7 Å². The fourth-order valence-electron chi connectivity index (χ4n) is 1.28. The molecule has 1 aromatic carbocycles. The van der Waals surface area contributed by atoms with Crippen LogP contribution in [0.5, 0.6) is 0 Å². The number of ether oxygens (including phenoxy) is 1. The van der Waals surface area contributed by atoms with Crippen LogP contribution in [0.2, 0.25) is 0 Å². The Morgan fingerprint density at radius 1 is 1.41 bits per heavy atom. The molecule has 0 unspecified atom stereocenters. The van der Waals surface area contributed by atoms with E-state index in [1.165, 1.54) is 18.2 Å². The van der Waals surface area contributed by atoms with Crippen LogP contribution in [0.15, 0.2) is 24.3 Å². The highest BCUT2D eigenvalue weighted by molar-refractivity contribution is 5.83. The number of halogens is 1. The van der Waals surface area contributed by atoms with E-state index in [2.05, 4.69) is 10.1 Å². The van der Waals surface area contributed by atoms with Crippen molar-refractivity contribution in [2.75, 3.05) is 13.2 Å². The lowest BCUT2D eigenvalue weighted by Crippen LogP contribution is -2.31. The van der Waals surface area contributed by atoms with Crippen LogP contribution >= 0.6 is 0 Å². The third-order valence-electron chi connectivity index (χ3n) is 1.99. The summed E-state index contributed by atoms with van der Waals surface area (Å²) < 4.78 is 17.5. The average Bonchev–Trinajstić information content (AvgIpc) is 2.27. The second-order valence-corrected chi connectivity index (χ2v) is 3.39. The Morgan fingerprint density at radius 3 is 2.82 bits per heavy atom. The number of hydrogen-bond acceptors (Lipinski definition) is 3. The lowest BCUT2D eigenvalue weighted by molar-refractivity contribution is -0.143. The largest absolute Gasteiger partial charge is 0.465 e. The minimum absolute atomic E-state index is 0.0389. The van der Waals surface area contributed by atoms with Crippen molar-refractivity contribution in [3.63, 3.8) is 0 Å². The van der Waals surface area contributed by atoms with E-state index in [4.69, 9.17) is 0 Å². The SMILES string of the molecule is CCOC(=O)CNC(=O)Cc1cccc(F)c1. The summed E-state index contributed by atoms with van der Waals surface area (Å²) in [5, 5.41) is 2.40. The fourth-order valence-corrected chi connectivity index (χ4v) is 1.28. The number of nitrogens with one attached hydrogen (secondary N) is 1. The zero-order valence-electron chi connectivity index (χ0n) is 9.53. The topological polar surface area (TPSA) is 55.4 Å². The van der Waals surface area contributed by atoms with Gasteiger partial charge in [0.1, 0.15) is 12.4 Å². The first-order chi connectivity index (χ1) is 8.11. The van der Waals surface area contributed by atoms with Gasteiger partial charge in [0, 0.05) is 0 Å². The van der Waals surface area contributed by atoms with Crippen molar-refractivity contribution in [2.45, 2.75) is 13.3 Å². The molecule has 0 saturated heterocycles. The zero-order valence-corrected chi connectivity index (χ0v) is 9.53. The van der Waals surface area contributed by atoms with Gasteiger partial charge in [-0.15, -0.1) is 0 Å². The molecule has 0 aliphatic heterocycles.